The fraction of sp³-hybridized carbons (Fsp3) is 0.333. The maximum atomic E-state index is 13.5. The molecule has 4 nitrogen and oxygen atoms in total. The first-order valence-corrected chi connectivity index (χ1v) is 5.26. The van der Waals surface area contributed by atoms with Gasteiger partial charge in [-0.25, -0.2) is 9.37 Å². The third-order valence-corrected chi connectivity index (χ3v) is 2.84. The Morgan fingerprint density at radius 1 is 1.73 bits per heavy atom. The molecule has 15 heavy (non-hydrogen) atoms. The van der Waals surface area contributed by atoms with Crippen molar-refractivity contribution in [1.82, 2.24) is 4.98 Å². The monoisotopic (exact) mass is 273 g/mol. The van der Waals surface area contributed by atoms with Gasteiger partial charge >= 0.3 is 0 Å². The number of hydrogen-bond acceptors (Lipinski definition) is 3. The van der Waals surface area contributed by atoms with Crippen LogP contribution >= 0.6 is 15.9 Å². The van der Waals surface area contributed by atoms with Crippen LogP contribution in [0.3, 0.4) is 0 Å². The first kappa shape index (κ1) is 10.4. The van der Waals surface area contributed by atoms with Gasteiger partial charge in [-0.1, -0.05) is 0 Å². The van der Waals surface area contributed by atoms with E-state index in [9.17, 15) is 9.18 Å². The molecule has 6 heteroatoms. The van der Waals surface area contributed by atoms with Crippen molar-refractivity contribution in [2.24, 2.45) is 5.73 Å². The van der Waals surface area contributed by atoms with Crippen LogP contribution in [0.2, 0.25) is 0 Å². The summed E-state index contributed by atoms with van der Waals surface area (Å²) in [4.78, 5) is 16.5. The largest absolute Gasteiger partial charge is 0.368 e. The van der Waals surface area contributed by atoms with Gasteiger partial charge in [-0.3, -0.25) is 4.79 Å². The third kappa shape index (κ3) is 1.81. The number of hydrogen-bond donors (Lipinski definition) is 1. The fourth-order valence-corrected chi connectivity index (χ4v) is 1.86. The second-order valence-corrected chi connectivity index (χ2v) is 4.27. The summed E-state index contributed by atoms with van der Waals surface area (Å²) < 4.78 is 14.0. The summed E-state index contributed by atoms with van der Waals surface area (Å²) in [7, 11) is 0. The zero-order chi connectivity index (χ0) is 11.0. The van der Waals surface area contributed by atoms with Gasteiger partial charge in [0.05, 0.1) is 0 Å². The maximum absolute atomic E-state index is 13.5. The van der Waals surface area contributed by atoms with Crippen molar-refractivity contribution in [3.05, 3.63) is 22.6 Å². The molecule has 2 N–H and O–H groups in total. The molecule has 1 aliphatic rings. The molecule has 0 aromatic carbocycles. The van der Waals surface area contributed by atoms with E-state index in [1.165, 1.54) is 12.3 Å². The molecule has 0 saturated carbocycles. The Balaban J connectivity index is 2.27. The molecule has 1 amide bonds. The number of pyridine rings is 1. The average Bonchev–Trinajstić information content (AvgIpc) is 2.06. The molecule has 1 aliphatic heterocycles. The summed E-state index contributed by atoms with van der Waals surface area (Å²) in [6, 6.07) is 0.895. The van der Waals surface area contributed by atoms with E-state index in [-0.39, 0.29) is 5.82 Å². The summed E-state index contributed by atoms with van der Waals surface area (Å²) in [5.41, 5.74) is 5.17. The molecule has 0 bridgehead atoms. The minimum absolute atomic E-state index is 0.188. The van der Waals surface area contributed by atoms with Crippen LogP contribution in [-0.2, 0) is 4.79 Å². The molecule has 0 radical (unpaired) electrons. The van der Waals surface area contributed by atoms with E-state index in [4.69, 9.17) is 5.73 Å². The van der Waals surface area contributed by atoms with Gasteiger partial charge in [-0.15, -0.1) is 0 Å². The predicted molar refractivity (Wildman–Crippen MR) is 56.8 cm³/mol. The lowest BCUT2D eigenvalue weighted by Gasteiger charge is -2.39. The number of halogens is 2. The number of anilines is 1. The minimum atomic E-state index is -0.449. The van der Waals surface area contributed by atoms with E-state index in [0.717, 1.165) is 0 Å². The van der Waals surface area contributed by atoms with Crippen molar-refractivity contribution >= 4 is 27.7 Å². The Hall–Kier alpha value is -1.17. The SMILES string of the molecule is NC(=O)C1CCN1c1ncc(Br)cc1F. The zero-order valence-corrected chi connectivity index (χ0v) is 9.37. The van der Waals surface area contributed by atoms with E-state index in [2.05, 4.69) is 20.9 Å². The van der Waals surface area contributed by atoms with Crippen LogP contribution in [0.4, 0.5) is 10.2 Å². The highest BCUT2D eigenvalue weighted by molar-refractivity contribution is 9.10. The van der Waals surface area contributed by atoms with Gasteiger partial charge in [0.1, 0.15) is 6.04 Å². The second-order valence-electron chi connectivity index (χ2n) is 3.36. The second kappa shape index (κ2) is 3.77. The highest BCUT2D eigenvalue weighted by atomic mass is 79.9. The average molecular weight is 274 g/mol. The third-order valence-electron chi connectivity index (χ3n) is 2.41. The fourth-order valence-electron chi connectivity index (χ4n) is 1.56. The van der Waals surface area contributed by atoms with E-state index in [1.54, 1.807) is 4.90 Å². The molecule has 0 spiro atoms. The van der Waals surface area contributed by atoms with Crippen LogP contribution in [0, 0.1) is 5.82 Å². The molecule has 1 fully saturated rings. The Bertz CT molecular complexity index is 412. The lowest BCUT2D eigenvalue weighted by atomic mass is 10.0. The number of nitrogens with zero attached hydrogens (tertiary/aromatic N) is 2. The van der Waals surface area contributed by atoms with Crippen molar-refractivity contribution in [3.8, 4) is 0 Å². The molecule has 1 aromatic heterocycles. The van der Waals surface area contributed by atoms with Crippen molar-refractivity contribution in [2.75, 3.05) is 11.4 Å². The van der Waals surface area contributed by atoms with Gasteiger partial charge in [-0.2, -0.15) is 0 Å². The summed E-state index contributed by atoms with van der Waals surface area (Å²) >= 11 is 3.12. The zero-order valence-electron chi connectivity index (χ0n) is 7.78. The molecule has 80 valence electrons. The molecule has 1 saturated heterocycles. The molecule has 1 atom stereocenters. The van der Waals surface area contributed by atoms with Gasteiger partial charge in [0.2, 0.25) is 5.91 Å². The Kier molecular flexibility index (Phi) is 2.60. The normalized spacial score (nSPS) is 19.9. The quantitative estimate of drug-likeness (QED) is 0.876. The van der Waals surface area contributed by atoms with Gasteiger partial charge in [0, 0.05) is 17.2 Å². The first-order chi connectivity index (χ1) is 7.09. The van der Waals surface area contributed by atoms with Crippen molar-refractivity contribution < 1.29 is 9.18 Å². The van der Waals surface area contributed by atoms with E-state index < -0.39 is 17.8 Å². The number of amides is 1. The van der Waals surface area contributed by atoms with Crippen LogP contribution < -0.4 is 10.6 Å². The highest BCUT2D eigenvalue weighted by Gasteiger charge is 2.34. The minimum Gasteiger partial charge on any atom is -0.368 e. The van der Waals surface area contributed by atoms with E-state index >= 15 is 0 Å². The number of nitrogens with two attached hydrogens (primary N) is 1. The lowest BCUT2D eigenvalue weighted by Crippen LogP contribution is -2.55. The van der Waals surface area contributed by atoms with Gasteiger partial charge < -0.3 is 10.6 Å². The summed E-state index contributed by atoms with van der Waals surface area (Å²) in [5.74, 6) is -0.700. The number of carbonyl (C=O) groups excluding carboxylic acids is 1. The maximum Gasteiger partial charge on any atom is 0.240 e. The molecule has 1 unspecified atom stereocenters. The summed E-state index contributed by atoms with van der Waals surface area (Å²) in [5, 5.41) is 0. The summed E-state index contributed by atoms with van der Waals surface area (Å²) in [6.07, 6.45) is 2.15. The molecular weight excluding hydrogens is 265 g/mol. The molecule has 0 aliphatic carbocycles. The first-order valence-electron chi connectivity index (χ1n) is 4.46. The lowest BCUT2D eigenvalue weighted by molar-refractivity contribution is -0.120. The number of carbonyl (C=O) groups is 1. The standard InChI is InChI=1S/C9H9BrFN3O/c10-5-3-6(11)9(13-4-5)14-2-1-7(14)8(12)15/h3-4,7H,1-2H2,(H2,12,15). The van der Waals surface area contributed by atoms with Crippen molar-refractivity contribution in [3.63, 3.8) is 0 Å². The number of aromatic nitrogens is 1. The van der Waals surface area contributed by atoms with Gasteiger partial charge in [0.25, 0.3) is 0 Å². The Morgan fingerprint density at radius 3 is 2.93 bits per heavy atom. The van der Waals surface area contributed by atoms with Crippen LogP contribution in [0.25, 0.3) is 0 Å². The van der Waals surface area contributed by atoms with E-state index in [1.807, 2.05) is 0 Å². The highest BCUT2D eigenvalue weighted by Crippen LogP contribution is 2.27. The van der Waals surface area contributed by atoms with Crippen LogP contribution in [0.5, 0.6) is 0 Å². The predicted octanol–water partition coefficient (Wildman–Crippen LogP) is 1.05. The summed E-state index contributed by atoms with van der Waals surface area (Å²) in [6.45, 7) is 0.610. The Morgan fingerprint density at radius 2 is 2.47 bits per heavy atom. The van der Waals surface area contributed by atoms with E-state index in [0.29, 0.717) is 17.4 Å². The van der Waals surface area contributed by atoms with Gasteiger partial charge in [-0.05, 0) is 28.4 Å². The smallest absolute Gasteiger partial charge is 0.240 e. The Labute approximate surface area is 94.4 Å². The van der Waals surface area contributed by atoms with Crippen LogP contribution in [0.1, 0.15) is 6.42 Å². The van der Waals surface area contributed by atoms with Crippen molar-refractivity contribution in [2.45, 2.75) is 12.5 Å². The van der Waals surface area contributed by atoms with Crippen LogP contribution in [0.15, 0.2) is 16.7 Å². The number of primary amides is 1. The topological polar surface area (TPSA) is 59.2 Å². The van der Waals surface area contributed by atoms with Crippen molar-refractivity contribution in [1.29, 1.82) is 0 Å². The molecular formula is C9H9BrFN3O. The number of rotatable bonds is 2. The van der Waals surface area contributed by atoms with Gasteiger partial charge in [0.15, 0.2) is 11.6 Å². The molecule has 2 rings (SSSR count). The molecule has 1 aromatic rings. The molecule has 2 heterocycles. The van der Waals surface area contributed by atoms with Crippen LogP contribution in [-0.4, -0.2) is 23.5 Å².